The zero-order valence-corrected chi connectivity index (χ0v) is 17.1. The van der Waals surface area contributed by atoms with E-state index in [1.165, 1.54) is 0 Å². The molecule has 29 heavy (non-hydrogen) atoms. The quantitative estimate of drug-likeness (QED) is 0.771. The third kappa shape index (κ3) is 4.80. The van der Waals surface area contributed by atoms with Gasteiger partial charge in [-0.1, -0.05) is 6.07 Å². The number of anilines is 3. The van der Waals surface area contributed by atoms with Crippen LogP contribution < -0.4 is 20.3 Å². The molecular weight excluding hydrogens is 370 g/mol. The maximum Gasteiger partial charge on any atom is 0.411 e. The number of methoxy groups -OCH3 is 1. The number of rotatable bonds is 6. The Bertz CT molecular complexity index is 898. The summed E-state index contributed by atoms with van der Waals surface area (Å²) in [7, 11) is 1.64. The molecule has 0 aromatic heterocycles. The Morgan fingerprint density at radius 2 is 1.97 bits per heavy atom. The van der Waals surface area contributed by atoms with Crippen LogP contribution in [0.5, 0.6) is 5.75 Å². The molecule has 7 heteroatoms. The number of benzene rings is 2. The lowest BCUT2D eigenvalue weighted by Gasteiger charge is -2.30. The first-order chi connectivity index (χ1) is 14.0. The zero-order chi connectivity index (χ0) is 20.8. The van der Waals surface area contributed by atoms with Crippen LogP contribution in [0.15, 0.2) is 36.4 Å². The van der Waals surface area contributed by atoms with Gasteiger partial charge in [0.1, 0.15) is 5.75 Å². The van der Waals surface area contributed by atoms with Gasteiger partial charge in [-0.25, -0.2) is 4.79 Å². The lowest BCUT2D eigenvalue weighted by molar-refractivity contribution is -0.117. The van der Waals surface area contributed by atoms with Gasteiger partial charge in [-0.3, -0.25) is 10.1 Å². The molecule has 1 aliphatic heterocycles. The molecule has 7 nitrogen and oxygen atoms in total. The number of hydrogen-bond acceptors (Lipinski definition) is 5. The Kier molecular flexibility index (Phi) is 6.59. The molecule has 1 aliphatic rings. The van der Waals surface area contributed by atoms with E-state index in [1.54, 1.807) is 20.1 Å². The van der Waals surface area contributed by atoms with Gasteiger partial charge < -0.3 is 19.7 Å². The van der Waals surface area contributed by atoms with Crippen molar-refractivity contribution in [2.24, 2.45) is 0 Å². The fourth-order valence-corrected chi connectivity index (χ4v) is 3.47. The van der Waals surface area contributed by atoms with Gasteiger partial charge in [0.05, 0.1) is 20.3 Å². The average molecular weight is 397 g/mol. The highest BCUT2D eigenvalue weighted by atomic mass is 16.5. The maximum atomic E-state index is 12.9. The fourth-order valence-electron chi connectivity index (χ4n) is 3.47. The van der Waals surface area contributed by atoms with Crippen molar-refractivity contribution in [3.63, 3.8) is 0 Å². The van der Waals surface area contributed by atoms with E-state index in [1.807, 2.05) is 42.2 Å². The largest absolute Gasteiger partial charge is 0.497 e. The van der Waals surface area contributed by atoms with Gasteiger partial charge in [0.15, 0.2) is 0 Å². The molecule has 2 N–H and O–H groups in total. The summed E-state index contributed by atoms with van der Waals surface area (Å²) in [5.41, 5.74) is 4.35. The molecule has 0 fully saturated rings. The number of nitrogens with one attached hydrogen (secondary N) is 2. The first kappa shape index (κ1) is 20.5. The van der Waals surface area contributed by atoms with Crippen LogP contribution in [0.4, 0.5) is 21.9 Å². The SMILES string of the molecule is CCOC(=O)Nc1cccc(NCC(=O)N2CCCc3cc(OC)ccc32)c1C. The van der Waals surface area contributed by atoms with Crippen LogP contribution in [0.3, 0.4) is 0 Å². The van der Waals surface area contributed by atoms with E-state index in [0.29, 0.717) is 18.8 Å². The van der Waals surface area contributed by atoms with Gasteiger partial charge in [0.25, 0.3) is 0 Å². The molecule has 0 unspecified atom stereocenters. The van der Waals surface area contributed by atoms with Crippen LogP contribution in [0.2, 0.25) is 0 Å². The Morgan fingerprint density at radius 1 is 1.17 bits per heavy atom. The fraction of sp³-hybridized carbons (Fsp3) is 0.364. The molecule has 0 atom stereocenters. The number of carbonyl (C=O) groups is 2. The van der Waals surface area contributed by atoms with Crippen LogP contribution in [0.1, 0.15) is 24.5 Å². The van der Waals surface area contributed by atoms with Gasteiger partial charge in [-0.15, -0.1) is 0 Å². The highest BCUT2D eigenvalue weighted by molar-refractivity contribution is 5.97. The highest BCUT2D eigenvalue weighted by Crippen LogP contribution is 2.31. The monoisotopic (exact) mass is 397 g/mol. The summed E-state index contributed by atoms with van der Waals surface area (Å²) < 4.78 is 10.2. The predicted molar refractivity (Wildman–Crippen MR) is 114 cm³/mol. The van der Waals surface area contributed by atoms with E-state index in [-0.39, 0.29) is 12.5 Å². The molecule has 1 heterocycles. The summed E-state index contributed by atoms with van der Waals surface area (Å²) in [6.45, 7) is 4.81. The summed E-state index contributed by atoms with van der Waals surface area (Å²) in [5.74, 6) is 0.803. The van der Waals surface area contributed by atoms with Gasteiger partial charge in [-0.05, 0) is 68.1 Å². The van der Waals surface area contributed by atoms with Crippen LogP contribution in [0, 0.1) is 6.92 Å². The van der Waals surface area contributed by atoms with E-state index in [0.717, 1.165) is 41.1 Å². The summed E-state index contributed by atoms with van der Waals surface area (Å²) in [5, 5.41) is 5.92. The number of hydrogen-bond donors (Lipinski definition) is 2. The van der Waals surface area contributed by atoms with Crippen molar-refractivity contribution in [2.45, 2.75) is 26.7 Å². The van der Waals surface area contributed by atoms with Crippen LogP contribution in [0.25, 0.3) is 0 Å². The van der Waals surface area contributed by atoms with Crippen LogP contribution in [-0.2, 0) is 16.0 Å². The normalized spacial score (nSPS) is 12.7. The summed E-state index contributed by atoms with van der Waals surface area (Å²) >= 11 is 0. The molecule has 0 saturated heterocycles. The summed E-state index contributed by atoms with van der Waals surface area (Å²) in [6, 6.07) is 11.3. The van der Waals surface area contributed by atoms with E-state index in [9.17, 15) is 9.59 Å². The standard InChI is InChI=1S/C22H27N3O4/c1-4-29-22(27)24-19-9-5-8-18(15(19)2)23-14-21(26)25-12-6-7-16-13-17(28-3)10-11-20(16)25/h5,8-11,13,23H,4,6-7,12,14H2,1-3H3,(H,24,27). The predicted octanol–water partition coefficient (Wildman–Crippen LogP) is 3.96. The smallest absolute Gasteiger partial charge is 0.411 e. The maximum absolute atomic E-state index is 12.9. The summed E-state index contributed by atoms with van der Waals surface area (Å²) in [4.78, 5) is 26.4. The molecule has 2 aromatic rings. The minimum Gasteiger partial charge on any atom is -0.497 e. The second kappa shape index (κ2) is 9.32. The molecule has 154 valence electrons. The van der Waals surface area contributed by atoms with Crippen molar-refractivity contribution in [3.05, 3.63) is 47.5 Å². The highest BCUT2D eigenvalue weighted by Gasteiger charge is 2.23. The Labute approximate surface area is 171 Å². The van der Waals surface area contributed by atoms with E-state index in [4.69, 9.17) is 9.47 Å². The number of amides is 2. The van der Waals surface area contributed by atoms with Crippen LogP contribution in [-0.4, -0.2) is 38.8 Å². The van der Waals surface area contributed by atoms with Gasteiger partial charge in [0.2, 0.25) is 5.91 Å². The third-order valence-electron chi connectivity index (χ3n) is 4.98. The molecule has 0 spiro atoms. The summed E-state index contributed by atoms with van der Waals surface area (Å²) in [6.07, 6.45) is 1.36. The molecule has 0 aliphatic carbocycles. The van der Waals surface area contributed by atoms with Crippen molar-refractivity contribution in [1.29, 1.82) is 0 Å². The lowest BCUT2D eigenvalue weighted by Crippen LogP contribution is -2.39. The third-order valence-corrected chi connectivity index (χ3v) is 4.98. The number of fused-ring (bicyclic) bond motifs is 1. The first-order valence-electron chi connectivity index (χ1n) is 9.78. The minimum absolute atomic E-state index is 0.000674. The van der Waals surface area contributed by atoms with Gasteiger partial charge in [-0.2, -0.15) is 0 Å². The molecule has 2 amide bonds. The topological polar surface area (TPSA) is 79.9 Å². The Morgan fingerprint density at radius 3 is 2.72 bits per heavy atom. The first-order valence-corrected chi connectivity index (χ1v) is 9.78. The average Bonchev–Trinajstić information content (AvgIpc) is 2.73. The van der Waals surface area contributed by atoms with E-state index < -0.39 is 6.09 Å². The second-order valence-corrected chi connectivity index (χ2v) is 6.82. The molecular formula is C22H27N3O4. The molecule has 0 radical (unpaired) electrons. The van der Waals surface area contributed by atoms with Crippen LogP contribution >= 0.6 is 0 Å². The van der Waals surface area contributed by atoms with Crippen molar-refractivity contribution >= 4 is 29.1 Å². The Balaban J connectivity index is 1.68. The van der Waals surface area contributed by atoms with Gasteiger partial charge in [0, 0.05) is 23.6 Å². The molecule has 2 aromatic carbocycles. The Hall–Kier alpha value is -3.22. The lowest BCUT2D eigenvalue weighted by atomic mass is 10.0. The number of nitrogens with zero attached hydrogens (tertiary/aromatic N) is 1. The number of carbonyl (C=O) groups excluding carboxylic acids is 2. The second-order valence-electron chi connectivity index (χ2n) is 6.82. The minimum atomic E-state index is -0.496. The van der Waals surface area contributed by atoms with Crippen molar-refractivity contribution in [3.8, 4) is 5.75 Å². The zero-order valence-electron chi connectivity index (χ0n) is 17.1. The molecule has 3 rings (SSSR count). The van der Waals surface area contributed by atoms with E-state index in [2.05, 4.69) is 10.6 Å². The van der Waals surface area contributed by atoms with Crippen molar-refractivity contribution in [2.75, 3.05) is 42.3 Å². The van der Waals surface area contributed by atoms with Gasteiger partial charge >= 0.3 is 6.09 Å². The van der Waals surface area contributed by atoms with E-state index >= 15 is 0 Å². The number of aryl methyl sites for hydroxylation is 1. The molecule has 0 saturated carbocycles. The number of ether oxygens (including phenoxy) is 2. The molecule has 0 bridgehead atoms. The van der Waals surface area contributed by atoms with Crippen molar-refractivity contribution in [1.82, 2.24) is 0 Å². The van der Waals surface area contributed by atoms with Crippen molar-refractivity contribution < 1.29 is 19.1 Å².